The van der Waals surface area contributed by atoms with Gasteiger partial charge in [-0.05, 0) is 44.5 Å². The lowest BCUT2D eigenvalue weighted by Gasteiger charge is -2.30. The van der Waals surface area contributed by atoms with Crippen LogP contribution in [0.5, 0.6) is 0 Å². The van der Waals surface area contributed by atoms with E-state index in [0.717, 1.165) is 43.2 Å². The second-order valence-electron chi connectivity index (χ2n) is 7.52. The molecule has 158 valence electrons. The smallest absolute Gasteiger partial charge is 0.242 e. The first kappa shape index (κ1) is 21.9. The van der Waals surface area contributed by atoms with Crippen LogP contribution in [-0.2, 0) is 27.9 Å². The van der Waals surface area contributed by atoms with Gasteiger partial charge in [-0.1, -0.05) is 18.2 Å². The molecule has 1 saturated heterocycles. The van der Waals surface area contributed by atoms with Crippen molar-refractivity contribution in [1.29, 1.82) is 0 Å². The molecule has 1 N–H and O–H groups in total. The summed E-state index contributed by atoms with van der Waals surface area (Å²) in [4.78, 5) is 19.7. The number of nitrogens with zero attached hydrogens (tertiary/aromatic N) is 3. The Labute approximate surface area is 176 Å². The Bertz CT molecular complexity index is 948. The van der Waals surface area contributed by atoms with E-state index in [1.807, 2.05) is 6.92 Å². The van der Waals surface area contributed by atoms with Crippen LogP contribution in [0.2, 0.25) is 0 Å². The largest absolute Gasteiger partial charge is 0.352 e. The molecule has 0 radical (unpaired) electrons. The van der Waals surface area contributed by atoms with Crippen LogP contribution in [-0.4, -0.2) is 55.7 Å². The van der Waals surface area contributed by atoms with Crippen LogP contribution in [0, 0.1) is 12.8 Å². The highest BCUT2D eigenvalue weighted by atomic mass is 32.2. The fraction of sp³-hybridized carbons (Fsp3) is 0.500. The van der Waals surface area contributed by atoms with Gasteiger partial charge in [0.25, 0.3) is 0 Å². The first-order valence-electron chi connectivity index (χ1n) is 9.69. The number of rotatable bonds is 7. The fourth-order valence-electron chi connectivity index (χ4n) is 3.49. The number of carbonyl (C=O) groups is 1. The Morgan fingerprint density at radius 2 is 1.97 bits per heavy atom. The molecule has 0 bridgehead atoms. The lowest BCUT2D eigenvalue weighted by Crippen LogP contribution is -2.40. The second kappa shape index (κ2) is 9.34. The topological polar surface area (TPSA) is 82.6 Å². The first-order valence-corrected chi connectivity index (χ1v) is 12.0. The molecule has 1 aliphatic rings. The van der Waals surface area contributed by atoms with Crippen molar-refractivity contribution < 1.29 is 13.2 Å². The molecule has 1 amide bonds. The van der Waals surface area contributed by atoms with E-state index in [4.69, 9.17) is 0 Å². The minimum atomic E-state index is -3.55. The highest BCUT2D eigenvalue weighted by Gasteiger charge is 2.26. The normalized spacial score (nSPS) is 16.3. The molecule has 0 atom stereocenters. The van der Waals surface area contributed by atoms with E-state index in [2.05, 4.69) is 20.6 Å². The van der Waals surface area contributed by atoms with Crippen LogP contribution < -0.4 is 5.32 Å². The molecular formula is C20H28N4O3S2. The summed E-state index contributed by atoms with van der Waals surface area (Å²) in [5.41, 5.74) is 1.69. The zero-order valence-electron chi connectivity index (χ0n) is 17.1. The second-order valence-corrected chi connectivity index (χ2v) is 10.7. The highest BCUT2D eigenvalue weighted by Crippen LogP contribution is 2.21. The van der Waals surface area contributed by atoms with Gasteiger partial charge in [0, 0.05) is 38.5 Å². The minimum Gasteiger partial charge on any atom is -0.352 e. The third kappa shape index (κ3) is 5.42. The summed E-state index contributed by atoms with van der Waals surface area (Å²) < 4.78 is 26.2. The van der Waals surface area contributed by atoms with Crippen molar-refractivity contribution in [2.75, 3.05) is 27.2 Å². The summed E-state index contributed by atoms with van der Waals surface area (Å²) in [6.07, 6.45) is 1.60. The van der Waals surface area contributed by atoms with Gasteiger partial charge in [0.1, 0.15) is 0 Å². The SMILES string of the molecule is Cc1nc(CN2CCC(C(=O)NCc3ccccc3S(=O)(=O)N(C)C)CC2)cs1. The van der Waals surface area contributed by atoms with Gasteiger partial charge in [-0.3, -0.25) is 9.69 Å². The number of sulfonamides is 1. The summed E-state index contributed by atoms with van der Waals surface area (Å²) in [5, 5.41) is 6.10. The summed E-state index contributed by atoms with van der Waals surface area (Å²) in [5.74, 6) is -0.0488. The van der Waals surface area contributed by atoms with Crippen molar-refractivity contribution in [1.82, 2.24) is 19.5 Å². The van der Waals surface area contributed by atoms with Crippen molar-refractivity contribution in [3.63, 3.8) is 0 Å². The monoisotopic (exact) mass is 436 g/mol. The maximum absolute atomic E-state index is 12.6. The van der Waals surface area contributed by atoms with Crippen molar-refractivity contribution in [3.8, 4) is 0 Å². The molecule has 0 saturated carbocycles. The molecule has 1 aromatic carbocycles. The van der Waals surface area contributed by atoms with Crippen LogP contribution >= 0.6 is 11.3 Å². The van der Waals surface area contributed by atoms with Gasteiger partial charge in [0.15, 0.2) is 0 Å². The number of piperidine rings is 1. The van der Waals surface area contributed by atoms with Crippen LogP contribution in [0.15, 0.2) is 34.5 Å². The van der Waals surface area contributed by atoms with E-state index in [0.29, 0.717) is 5.56 Å². The van der Waals surface area contributed by atoms with E-state index in [1.54, 1.807) is 35.6 Å². The lowest BCUT2D eigenvalue weighted by atomic mass is 9.95. The number of nitrogens with one attached hydrogen (secondary N) is 1. The van der Waals surface area contributed by atoms with Crippen molar-refractivity contribution in [2.45, 2.75) is 37.8 Å². The molecule has 29 heavy (non-hydrogen) atoms. The predicted molar refractivity (Wildman–Crippen MR) is 114 cm³/mol. The number of aryl methyl sites for hydroxylation is 1. The average Bonchev–Trinajstić information content (AvgIpc) is 3.11. The number of amides is 1. The van der Waals surface area contributed by atoms with E-state index >= 15 is 0 Å². The third-order valence-electron chi connectivity index (χ3n) is 5.19. The van der Waals surface area contributed by atoms with E-state index in [1.165, 1.54) is 18.4 Å². The highest BCUT2D eigenvalue weighted by molar-refractivity contribution is 7.89. The number of likely N-dealkylation sites (tertiary alicyclic amines) is 1. The molecule has 0 unspecified atom stereocenters. The van der Waals surface area contributed by atoms with Crippen LogP contribution in [0.1, 0.15) is 29.1 Å². The van der Waals surface area contributed by atoms with Gasteiger partial charge < -0.3 is 5.32 Å². The molecule has 2 aromatic rings. The molecule has 9 heteroatoms. The average molecular weight is 437 g/mol. The number of carbonyl (C=O) groups excluding carboxylic acids is 1. The Kier molecular flexibility index (Phi) is 7.05. The number of aromatic nitrogens is 1. The van der Waals surface area contributed by atoms with Crippen LogP contribution in [0.4, 0.5) is 0 Å². The Morgan fingerprint density at radius 1 is 1.28 bits per heavy atom. The van der Waals surface area contributed by atoms with Crippen molar-refractivity contribution >= 4 is 27.3 Å². The molecule has 3 rings (SSSR count). The maximum atomic E-state index is 12.6. The van der Waals surface area contributed by atoms with Gasteiger partial charge in [-0.25, -0.2) is 17.7 Å². The van der Waals surface area contributed by atoms with E-state index in [-0.39, 0.29) is 23.3 Å². The van der Waals surface area contributed by atoms with E-state index < -0.39 is 10.0 Å². The molecule has 1 aliphatic heterocycles. The number of thiazole rings is 1. The summed E-state index contributed by atoms with van der Waals surface area (Å²) in [6, 6.07) is 6.81. The van der Waals surface area contributed by atoms with Crippen molar-refractivity contribution in [3.05, 3.63) is 45.9 Å². The molecule has 2 heterocycles. The summed E-state index contributed by atoms with van der Waals surface area (Å²) >= 11 is 1.66. The molecule has 1 fully saturated rings. The first-order chi connectivity index (χ1) is 13.8. The number of hydrogen-bond acceptors (Lipinski definition) is 6. The van der Waals surface area contributed by atoms with Gasteiger partial charge in [0.05, 0.1) is 15.6 Å². The van der Waals surface area contributed by atoms with Gasteiger partial charge in [0.2, 0.25) is 15.9 Å². The van der Waals surface area contributed by atoms with Crippen LogP contribution in [0.25, 0.3) is 0 Å². The quantitative estimate of drug-likeness (QED) is 0.720. The van der Waals surface area contributed by atoms with Crippen molar-refractivity contribution in [2.24, 2.45) is 5.92 Å². The number of benzene rings is 1. The van der Waals surface area contributed by atoms with Gasteiger partial charge >= 0.3 is 0 Å². The molecule has 0 aliphatic carbocycles. The zero-order valence-corrected chi connectivity index (χ0v) is 18.7. The standard InChI is InChI=1S/C20H28N4O3S2/c1-15-22-18(14-28-15)13-24-10-8-16(9-11-24)20(25)21-12-17-6-4-5-7-19(17)29(26,27)23(2)3/h4-7,14,16H,8-13H2,1-3H3,(H,21,25). The molecule has 1 aromatic heterocycles. The predicted octanol–water partition coefficient (Wildman–Crippen LogP) is 2.23. The number of hydrogen-bond donors (Lipinski definition) is 1. The Balaban J connectivity index is 1.53. The summed E-state index contributed by atoms with van der Waals surface area (Å²) in [6.45, 7) is 4.77. The Morgan fingerprint density at radius 3 is 2.59 bits per heavy atom. The van der Waals surface area contributed by atoms with Gasteiger partial charge in [-0.15, -0.1) is 11.3 Å². The molecule has 0 spiro atoms. The zero-order chi connectivity index (χ0) is 21.0. The van der Waals surface area contributed by atoms with E-state index in [9.17, 15) is 13.2 Å². The lowest BCUT2D eigenvalue weighted by molar-refractivity contribution is -0.126. The van der Waals surface area contributed by atoms with Crippen LogP contribution in [0.3, 0.4) is 0 Å². The third-order valence-corrected chi connectivity index (χ3v) is 7.93. The Hall–Kier alpha value is -1.81. The fourth-order valence-corrected chi connectivity index (χ4v) is 5.21. The maximum Gasteiger partial charge on any atom is 0.242 e. The molecule has 7 nitrogen and oxygen atoms in total. The summed E-state index contributed by atoms with van der Waals surface area (Å²) in [7, 11) is -0.535. The minimum absolute atomic E-state index is 0.00814. The van der Waals surface area contributed by atoms with Gasteiger partial charge in [-0.2, -0.15) is 0 Å². The molecular weight excluding hydrogens is 408 g/mol.